The Labute approximate surface area is 325 Å². The molecule has 0 fully saturated rings. The first kappa shape index (κ1) is 41.4. The fourth-order valence-corrected chi connectivity index (χ4v) is 6.44. The molecule has 5 atom stereocenters. The molecular formula is C43H46O13. The molecule has 1 heterocycles. The van der Waals surface area contributed by atoms with Crippen molar-refractivity contribution in [2.24, 2.45) is 0 Å². The van der Waals surface area contributed by atoms with Crippen LogP contribution in [0.25, 0.3) is 0 Å². The van der Waals surface area contributed by atoms with E-state index in [1.165, 1.54) is 14.0 Å². The van der Waals surface area contributed by atoms with Crippen LogP contribution in [-0.4, -0.2) is 62.0 Å². The highest BCUT2D eigenvalue weighted by Gasteiger charge is 2.59. The van der Waals surface area contributed by atoms with Gasteiger partial charge in [-0.25, -0.2) is 0 Å². The molecule has 0 aromatic heterocycles. The molecule has 0 saturated carbocycles. The fourth-order valence-electron chi connectivity index (χ4n) is 6.44. The van der Waals surface area contributed by atoms with Crippen molar-refractivity contribution in [2.45, 2.75) is 84.3 Å². The van der Waals surface area contributed by atoms with Gasteiger partial charge in [-0.15, -0.1) is 0 Å². The smallest absolute Gasteiger partial charge is 0.303 e. The third-order valence-electron chi connectivity index (χ3n) is 8.71. The number of hydrogen-bond donors (Lipinski definition) is 0. The monoisotopic (exact) mass is 770 g/mol. The number of benzene rings is 4. The summed E-state index contributed by atoms with van der Waals surface area (Å²) < 4.78 is 54.5. The Balaban J connectivity index is 1.61. The van der Waals surface area contributed by atoms with E-state index in [-0.39, 0.29) is 38.8 Å². The van der Waals surface area contributed by atoms with E-state index < -0.39 is 54.1 Å². The van der Waals surface area contributed by atoms with Gasteiger partial charge in [-0.2, -0.15) is 0 Å². The largest absolute Gasteiger partial charge is 0.489 e. The van der Waals surface area contributed by atoms with Crippen LogP contribution < -0.4 is 9.47 Å². The van der Waals surface area contributed by atoms with E-state index in [0.717, 1.165) is 37.5 Å². The molecule has 1 aliphatic rings. The maximum Gasteiger partial charge on any atom is 0.303 e. The first-order valence-corrected chi connectivity index (χ1v) is 18.0. The summed E-state index contributed by atoms with van der Waals surface area (Å²) in [5, 5.41) is 0. The summed E-state index contributed by atoms with van der Waals surface area (Å²) in [5.74, 6) is -4.57. The Morgan fingerprint density at radius 1 is 0.625 bits per heavy atom. The van der Waals surface area contributed by atoms with E-state index in [9.17, 15) is 19.2 Å². The second kappa shape index (κ2) is 19.7. The van der Waals surface area contributed by atoms with Gasteiger partial charge in [0.15, 0.2) is 18.3 Å². The van der Waals surface area contributed by atoms with Crippen LogP contribution in [0.2, 0.25) is 0 Å². The highest BCUT2D eigenvalue weighted by molar-refractivity contribution is 5.69. The first-order chi connectivity index (χ1) is 27.0. The van der Waals surface area contributed by atoms with Crippen LogP contribution in [0.15, 0.2) is 103 Å². The lowest BCUT2D eigenvalue weighted by atomic mass is 9.89. The van der Waals surface area contributed by atoms with Gasteiger partial charge < -0.3 is 42.6 Å². The van der Waals surface area contributed by atoms with Gasteiger partial charge in [0.2, 0.25) is 11.9 Å². The van der Waals surface area contributed by atoms with Crippen LogP contribution >= 0.6 is 0 Å². The van der Waals surface area contributed by atoms with E-state index in [1.54, 1.807) is 12.1 Å². The van der Waals surface area contributed by atoms with Crippen LogP contribution in [-0.2, 0) is 84.6 Å². The summed E-state index contributed by atoms with van der Waals surface area (Å²) in [6.07, 6.45) is -6.38. The van der Waals surface area contributed by atoms with Crippen LogP contribution in [0.5, 0.6) is 11.5 Å². The normalized spacial score (nSPS) is 16.7. The number of carbonyl (C=O) groups is 4. The van der Waals surface area contributed by atoms with Gasteiger partial charge in [-0.05, 0) is 28.3 Å². The average molecular weight is 771 g/mol. The molecule has 0 N–H and O–H groups in total. The summed E-state index contributed by atoms with van der Waals surface area (Å²) in [6.45, 7) is 4.64. The summed E-state index contributed by atoms with van der Waals surface area (Å²) >= 11 is 0. The molecule has 13 heteroatoms. The van der Waals surface area contributed by atoms with Gasteiger partial charge in [0.05, 0.1) is 25.4 Å². The predicted octanol–water partition coefficient (Wildman–Crippen LogP) is 6.12. The predicted molar refractivity (Wildman–Crippen MR) is 200 cm³/mol. The first-order valence-electron chi connectivity index (χ1n) is 18.0. The van der Waals surface area contributed by atoms with Crippen molar-refractivity contribution in [1.82, 2.24) is 0 Å². The number of rotatable bonds is 19. The Morgan fingerprint density at radius 3 is 1.64 bits per heavy atom. The summed E-state index contributed by atoms with van der Waals surface area (Å²) in [4.78, 5) is 51.2. The Morgan fingerprint density at radius 2 is 1.12 bits per heavy atom. The molecule has 296 valence electrons. The van der Waals surface area contributed by atoms with Crippen molar-refractivity contribution in [3.05, 3.63) is 131 Å². The molecule has 1 aliphatic heterocycles. The van der Waals surface area contributed by atoms with E-state index in [2.05, 4.69) is 0 Å². The quantitative estimate of drug-likeness (QED) is 0.0797. The van der Waals surface area contributed by atoms with E-state index >= 15 is 0 Å². The summed E-state index contributed by atoms with van der Waals surface area (Å²) in [5.41, 5.74) is 3.45. The standard InChI is InChI=1S/C43H46O13/c1-28(44)53-38(27-49-23-32-15-9-6-10-16-32)40(54-29(2)45)41(55-30(3)46)42(56-31(4)47)43(48-5)39-35(26-52-43)21-36(50-24-33-17-11-7-12-18-33)22-37(39)51-25-34-19-13-8-14-20-34/h6-22,38,40-42H,23-27H2,1-5H3/t38-,40+,41+,42-,43?/m1/s1. The van der Waals surface area contributed by atoms with E-state index in [0.29, 0.717) is 16.9 Å². The van der Waals surface area contributed by atoms with Crippen LogP contribution in [0.3, 0.4) is 0 Å². The third kappa shape index (κ3) is 10.9. The number of carbonyl (C=O) groups excluding carboxylic acids is 4. The highest BCUT2D eigenvalue weighted by Crippen LogP contribution is 2.50. The second-order valence-electron chi connectivity index (χ2n) is 13.0. The molecule has 56 heavy (non-hydrogen) atoms. The molecule has 0 spiro atoms. The zero-order chi connectivity index (χ0) is 40.1. The molecule has 0 aliphatic carbocycles. The molecular weight excluding hydrogens is 724 g/mol. The number of ether oxygens (including phenoxy) is 9. The molecule has 0 radical (unpaired) electrons. The van der Waals surface area contributed by atoms with Gasteiger partial charge in [-0.1, -0.05) is 91.0 Å². The lowest BCUT2D eigenvalue weighted by Crippen LogP contribution is -2.59. The van der Waals surface area contributed by atoms with Crippen molar-refractivity contribution < 1.29 is 61.8 Å². The van der Waals surface area contributed by atoms with Crippen molar-refractivity contribution in [3.8, 4) is 11.5 Å². The van der Waals surface area contributed by atoms with Gasteiger partial charge in [0, 0.05) is 40.9 Å². The van der Waals surface area contributed by atoms with Crippen molar-refractivity contribution in [1.29, 1.82) is 0 Å². The Bertz CT molecular complexity index is 1920. The fraction of sp³-hybridized carbons (Fsp3) is 0.349. The minimum atomic E-state index is -2.05. The molecule has 4 aromatic rings. The maximum atomic E-state index is 13.0. The number of methoxy groups -OCH3 is 1. The lowest BCUT2D eigenvalue weighted by Gasteiger charge is -2.42. The van der Waals surface area contributed by atoms with Crippen molar-refractivity contribution in [3.63, 3.8) is 0 Å². The third-order valence-corrected chi connectivity index (χ3v) is 8.71. The van der Waals surface area contributed by atoms with Gasteiger partial charge in [0.25, 0.3) is 0 Å². The van der Waals surface area contributed by atoms with Crippen LogP contribution in [0.4, 0.5) is 0 Å². The molecule has 13 nitrogen and oxygen atoms in total. The number of hydrogen-bond acceptors (Lipinski definition) is 13. The molecule has 1 unspecified atom stereocenters. The molecule has 0 amide bonds. The Hall–Kier alpha value is -5.76. The van der Waals surface area contributed by atoms with Crippen LogP contribution in [0, 0.1) is 0 Å². The summed E-state index contributed by atoms with van der Waals surface area (Å²) in [6, 6.07) is 31.7. The van der Waals surface area contributed by atoms with Gasteiger partial charge in [0.1, 0.15) is 24.7 Å². The topological polar surface area (TPSA) is 151 Å². The molecule has 4 aromatic carbocycles. The van der Waals surface area contributed by atoms with Gasteiger partial charge in [-0.3, -0.25) is 19.2 Å². The second-order valence-corrected chi connectivity index (χ2v) is 13.0. The zero-order valence-corrected chi connectivity index (χ0v) is 32.0. The molecule has 0 bridgehead atoms. The maximum absolute atomic E-state index is 13.0. The van der Waals surface area contributed by atoms with Crippen molar-refractivity contribution in [2.75, 3.05) is 13.7 Å². The summed E-state index contributed by atoms with van der Waals surface area (Å²) in [7, 11) is 1.32. The van der Waals surface area contributed by atoms with E-state index in [1.807, 2.05) is 91.0 Å². The lowest BCUT2D eigenvalue weighted by molar-refractivity contribution is -0.306. The van der Waals surface area contributed by atoms with Gasteiger partial charge >= 0.3 is 23.9 Å². The molecule has 0 saturated heterocycles. The number of fused-ring (bicyclic) bond motifs is 1. The van der Waals surface area contributed by atoms with E-state index in [4.69, 9.17) is 42.6 Å². The minimum Gasteiger partial charge on any atom is -0.489 e. The molecule has 5 rings (SSSR count). The van der Waals surface area contributed by atoms with Crippen LogP contribution in [0.1, 0.15) is 55.5 Å². The minimum absolute atomic E-state index is 0.0935. The Kier molecular flexibility index (Phi) is 14.6. The highest BCUT2D eigenvalue weighted by atomic mass is 16.7. The number of esters is 4. The van der Waals surface area contributed by atoms with Crippen molar-refractivity contribution >= 4 is 23.9 Å². The average Bonchev–Trinajstić information content (AvgIpc) is 3.56. The zero-order valence-electron chi connectivity index (χ0n) is 32.0. The SMILES string of the molecule is COC1([C@H](OC(C)=O)[C@@H](OC(C)=O)[C@@H](OC(C)=O)[C@@H](COCc2ccccc2)OC(C)=O)OCc2cc(OCc3ccccc3)cc(OCc3ccccc3)c21.